The summed E-state index contributed by atoms with van der Waals surface area (Å²) in [4.78, 5) is 22.8. The van der Waals surface area contributed by atoms with Crippen molar-refractivity contribution in [3.8, 4) is 5.75 Å². The molecule has 0 spiro atoms. The van der Waals surface area contributed by atoms with E-state index in [1.165, 1.54) is 12.1 Å². The second-order valence-electron chi connectivity index (χ2n) is 6.94. The van der Waals surface area contributed by atoms with Gasteiger partial charge in [-0.15, -0.1) is 0 Å². The van der Waals surface area contributed by atoms with E-state index in [1.54, 1.807) is 13.1 Å². The summed E-state index contributed by atoms with van der Waals surface area (Å²) in [6.07, 6.45) is 0. The second kappa shape index (κ2) is 9.70. The Labute approximate surface area is 164 Å². The van der Waals surface area contributed by atoms with E-state index in [-0.39, 0.29) is 11.7 Å². The van der Waals surface area contributed by atoms with Crippen LogP contribution in [-0.2, 0) is 16.1 Å². The van der Waals surface area contributed by atoms with Gasteiger partial charge in [0.05, 0.1) is 19.8 Å². The number of rotatable bonds is 4. The molecule has 1 aromatic rings. The molecule has 2 aliphatic heterocycles. The van der Waals surface area contributed by atoms with Gasteiger partial charge < -0.3 is 25.0 Å². The number of aromatic hydroxyl groups is 1. The fourth-order valence-electron chi connectivity index (χ4n) is 3.40. The van der Waals surface area contributed by atoms with Crippen LogP contribution in [-0.4, -0.2) is 97.7 Å². The standard InChI is InChI=1S/C19H28FN5O3/c1-21-19(22-13-15-2-3-17(26)16(20)12-15)25-6-4-23(5-7-25)14-18(27)24-8-10-28-11-9-24/h2-3,12,26H,4-11,13-14H2,1H3,(H,21,22). The molecule has 2 aliphatic rings. The number of ether oxygens (including phenoxy) is 1. The van der Waals surface area contributed by atoms with Gasteiger partial charge in [-0.25, -0.2) is 4.39 Å². The van der Waals surface area contributed by atoms with Crippen molar-refractivity contribution >= 4 is 11.9 Å². The highest BCUT2D eigenvalue weighted by atomic mass is 19.1. The molecular weight excluding hydrogens is 365 g/mol. The van der Waals surface area contributed by atoms with Gasteiger partial charge in [-0.3, -0.25) is 14.7 Å². The maximum absolute atomic E-state index is 13.5. The molecule has 8 nitrogen and oxygen atoms in total. The summed E-state index contributed by atoms with van der Waals surface area (Å²) in [5.41, 5.74) is 0.728. The minimum atomic E-state index is -0.632. The van der Waals surface area contributed by atoms with Crippen molar-refractivity contribution in [2.75, 3.05) is 66.1 Å². The van der Waals surface area contributed by atoms with Crippen LogP contribution in [0.3, 0.4) is 0 Å². The molecule has 154 valence electrons. The van der Waals surface area contributed by atoms with Crippen LogP contribution in [0.4, 0.5) is 4.39 Å². The van der Waals surface area contributed by atoms with E-state index in [2.05, 4.69) is 20.1 Å². The van der Waals surface area contributed by atoms with Gasteiger partial charge in [0.25, 0.3) is 0 Å². The van der Waals surface area contributed by atoms with Crippen LogP contribution in [0.2, 0.25) is 0 Å². The molecule has 3 rings (SSSR count). The number of benzene rings is 1. The third kappa shape index (κ3) is 5.32. The van der Waals surface area contributed by atoms with Crippen LogP contribution < -0.4 is 5.32 Å². The molecule has 0 aliphatic carbocycles. The van der Waals surface area contributed by atoms with Crippen molar-refractivity contribution in [3.05, 3.63) is 29.6 Å². The van der Waals surface area contributed by atoms with Gasteiger partial charge in [0.15, 0.2) is 17.5 Å². The summed E-state index contributed by atoms with van der Waals surface area (Å²) in [7, 11) is 1.72. The van der Waals surface area contributed by atoms with Gasteiger partial charge >= 0.3 is 0 Å². The maximum atomic E-state index is 13.5. The topological polar surface area (TPSA) is 80.6 Å². The minimum absolute atomic E-state index is 0.161. The third-order valence-electron chi connectivity index (χ3n) is 5.07. The smallest absolute Gasteiger partial charge is 0.236 e. The lowest BCUT2D eigenvalue weighted by atomic mass is 10.2. The molecule has 0 radical (unpaired) electrons. The predicted molar refractivity (Wildman–Crippen MR) is 104 cm³/mol. The number of hydrogen-bond donors (Lipinski definition) is 2. The number of aliphatic imine (C=N–C) groups is 1. The van der Waals surface area contributed by atoms with E-state index in [4.69, 9.17) is 4.74 Å². The molecule has 0 atom stereocenters. The zero-order valence-electron chi connectivity index (χ0n) is 16.2. The number of carbonyl (C=O) groups is 1. The fourth-order valence-corrected chi connectivity index (χ4v) is 3.40. The van der Waals surface area contributed by atoms with Crippen molar-refractivity contribution in [2.24, 2.45) is 4.99 Å². The van der Waals surface area contributed by atoms with E-state index in [1.807, 2.05) is 4.90 Å². The van der Waals surface area contributed by atoms with Crippen molar-refractivity contribution in [1.82, 2.24) is 20.0 Å². The largest absolute Gasteiger partial charge is 0.505 e. The third-order valence-corrected chi connectivity index (χ3v) is 5.07. The number of carbonyl (C=O) groups excluding carboxylic acids is 1. The second-order valence-corrected chi connectivity index (χ2v) is 6.94. The lowest BCUT2D eigenvalue weighted by Gasteiger charge is -2.37. The summed E-state index contributed by atoms with van der Waals surface area (Å²) in [6.45, 7) is 6.53. The first-order chi connectivity index (χ1) is 13.6. The van der Waals surface area contributed by atoms with Gasteiger partial charge in [-0.2, -0.15) is 0 Å². The quantitative estimate of drug-likeness (QED) is 0.557. The van der Waals surface area contributed by atoms with Crippen LogP contribution >= 0.6 is 0 Å². The minimum Gasteiger partial charge on any atom is -0.505 e. The molecule has 2 heterocycles. The molecule has 28 heavy (non-hydrogen) atoms. The number of hydrogen-bond acceptors (Lipinski definition) is 5. The zero-order chi connectivity index (χ0) is 19.9. The number of phenols is 1. The number of amides is 1. The molecular formula is C19H28FN5O3. The van der Waals surface area contributed by atoms with Gasteiger partial charge in [0.1, 0.15) is 0 Å². The Morgan fingerprint density at radius 2 is 1.89 bits per heavy atom. The average Bonchev–Trinajstić information content (AvgIpc) is 2.72. The van der Waals surface area contributed by atoms with Crippen LogP contribution in [0.1, 0.15) is 5.56 Å². The number of phenolic OH excluding ortho intramolecular Hbond substituents is 1. The molecule has 0 saturated carbocycles. The van der Waals surface area contributed by atoms with Gasteiger partial charge in [0.2, 0.25) is 5.91 Å². The van der Waals surface area contributed by atoms with E-state index in [0.717, 1.165) is 37.7 Å². The highest BCUT2D eigenvalue weighted by Gasteiger charge is 2.24. The summed E-state index contributed by atoms with van der Waals surface area (Å²) in [5.74, 6) is -0.0787. The monoisotopic (exact) mass is 393 g/mol. The first-order valence-corrected chi connectivity index (χ1v) is 9.57. The van der Waals surface area contributed by atoms with Crippen molar-refractivity contribution < 1.29 is 19.0 Å². The number of morpholine rings is 1. The summed E-state index contributed by atoms with van der Waals surface area (Å²) in [5, 5.41) is 12.5. The van der Waals surface area contributed by atoms with Gasteiger partial charge in [-0.1, -0.05) is 6.07 Å². The van der Waals surface area contributed by atoms with E-state index >= 15 is 0 Å². The Hall–Kier alpha value is -2.39. The Balaban J connectivity index is 1.44. The number of halogens is 1. The van der Waals surface area contributed by atoms with Crippen molar-refractivity contribution in [3.63, 3.8) is 0 Å². The maximum Gasteiger partial charge on any atom is 0.236 e. The summed E-state index contributed by atoms with van der Waals surface area (Å²) >= 11 is 0. The lowest BCUT2D eigenvalue weighted by Crippen LogP contribution is -2.54. The Morgan fingerprint density at radius 3 is 2.54 bits per heavy atom. The molecule has 0 bridgehead atoms. The average molecular weight is 393 g/mol. The Bertz CT molecular complexity index is 701. The first kappa shape index (κ1) is 20.3. The first-order valence-electron chi connectivity index (χ1n) is 9.57. The summed E-state index contributed by atoms with van der Waals surface area (Å²) < 4.78 is 18.8. The van der Waals surface area contributed by atoms with Crippen LogP contribution in [0.15, 0.2) is 23.2 Å². The number of piperazine rings is 1. The highest BCUT2D eigenvalue weighted by molar-refractivity contribution is 5.80. The van der Waals surface area contributed by atoms with Crippen LogP contribution in [0, 0.1) is 5.82 Å². The van der Waals surface area contributed by atoms with Crippen molar-refractivity contribution in [2.45, 2.75) is 6.54 Å². The van der Waals surface area contributed by atoms with Crippen LogP contribution in [0.25, 0.3) is 0 Å². The molecule has 1 amide bonds. The SMILES string of the molecule is CN=C(NCc1ccc(O)c(F)c1)N1CCN(CC(=O)N2CCOCC2)CC1. The molecule has 0 aromatic heterocycles. The van der Waals surface area contributed by atoms with E-state index in [0.29, 0.717) is 39.4 Å². The van der Waals surface area contributed by atoms with Crippen molar-refractivity contribution in [1.29, 1.82) is 0 Å². The van der Waals surface area contributed by atoms with Gasteiger partial charge in [-0.05, 0) is 17.7 Å². The lowest BCUT2D eigenvalue weighted by molar-refractivity contribution is -0.136. The highest BCUT2D eigenvalue weighted by Crippen LogP contribution is 2.16. The molecule has 2 fully saturated rings. The molecule has 0 unspecified atom stereocenters. The zero-order valence-corrected chi connectivity index (χ0v) is 16.2. The Kier molecular flexibility index (Phi) is 7.05. The van der Waals surface area contributed by atoms with Crippen LogP contribution in [0.5, 0.6) is 5.75 Å². The van der Waals surface area contributed by atoms with E-state index in [9.17, 15) is 14.3 Å². The predicted octanol–water partition coefficient (Wildman–Crippen LogP) is 0.0831. The number of nitrogens with one attached hydrogen (secondary N) is 1. The fraction of sp³-hybridized carbons (Fsp3) is 0.579. The molecule has 9 heteroatoms. The number of nitrogens with zero attached hydrogens (tertiary/aromatic N) is 4. The number of guanidine groups is 1. The molecule has 1 aromatic carbocycles. The molecule has 2 saturated heterocycles. The summed E-state index contributed by atoms with van der Waals surface area (Å²) in [6, 6.07) is 4.33. The van der Waals surface area contributed by atoms with Gasteiger partial charge in [0, 0.05) is 52.9 Å². The van der Waals surface area contributed by atoms with E-state index < -0.39 is 5.82 Å². The Morgan fingerprint density at radius 1 is 1.18 bits per heavy atom. The molecule has 2 N–H and O–H groups in total. The normalized spacial score (nSPS) is 19.0.